The van der Waals surface area contributed by atoms with Gasteiger partial charge in [0.25, 0.3) is 0 Å². The summed E-state index contributed by atoms with van der Waals surface area (Å²) in [6.07, 6.45) is 2.79. The van der Waals surface area contributed by atoms with Gasteiger partial charge in [-0.3, -0.25) is 9.69 Å². The zero-order chi connectivity index (χ0) is 20.1. The molecule has 0 aromatic heterocycles. The SMILES string of the molecule is CCN1CCN(Cc2ccc(CNC(=O)CC3CCc4ccccc43)cc2)CC1. The van der Waals surface area contributed by atoms with Crippen LogP contribution < -0.4 is 5.32 Å². The van der Waals surface area contributed by atoms with Gasteiger partial charge in [-0.05, 0) is 47.6 Å². The molecule has 2 aliphatic rings. The number of carbonyl (C=O) groups excluding carboxylic acids is 1. The molecule has 1 unspecified atom stereocenters. The lowest BCUT2D eigenvalue weighted by Crippen LogP contribution is -2.45. The number of benzene rings is 2. The maximum atomic E-state index is 12.4. The van der Waals surface area contributed by atoms with E-state index in [0.29, 0.717) is 18.9 Å². The molecule has 1 heterocycles. The van der Waals surface area contributed by atoms with Crippen LogP contribution in [0.25, 0.3) is 0 Å². The summed E-state index contributed by atoms with van der Waals surface area (Å²) in [5.74, 6) is 0.534. The summed E-state index contributed by atoms with van der Waals surface area (Å²) in [5.41, 5.74) is 5.31. The van der Waals surface area contributed by atoms with Gasteiger partial charge in [0, 0.05) is 45.7 Å². The second kappa shape index (κ2) is 9.55. The summed E-state index contributed by atoms with van der Waals surface area (Å²) in [6.45, 7) is 9.67. The Bertz CT molecular complexity index is 809. The number of nitrogens with one attached hydrogen (secondary N) is 1. The quantitative estimate of drug-likeness (QED) is 0.784. The lowest BCUT2D eigenvalue weighted by atomic mass is 9.97. The normalized spacial score (nSPS) is 19.8. The van der Waals surface area contributed by atoms with Crippen LogP contribution >= 0.6 is 0 Å². The first-order valence-corrected chi connectivity index (χ1v) is 11.1. The van der Waals surface area contributed by atoms with Gasteiger partial charge in [0.1, 0.15) is 0 Å². The van der Waals surface area contributed by atoms with E-state index in [1.807, 2.05) is 0 Å². The van der Waals surface area contributed by atoms with Crippen molar-refractivity contribution in [2.45, 2.75) is 45.2 Å². The Morgan fingerprint density at radius 1 is 0.966 bits per heavy atom. The highest BCUT2D eigenvalue weighted by Gasteiger charge is 2.24. The van der Waals surface area contributed by atoms with E-state index in [1.54, 1.807) is 0 Å². The highest BCUT2D eigenvalue weighted by molar-refractivity contribution is 5.77. The molecule has 0 saturated carbocycles. The second-order valence-corrected chi connectivity index (χ2v) is 8.44. The maximum Gasteiger partial charge on any atom is 0.220 e. The van der Waals surface area contributed by atoms with Crippen LogP contribution in [0.1, 0.15) is 47.9 Å². The molecule has 1 fully saturated rings. The lowest BCUT2D eigenvalue weighted by Gasteiger charge is -2.34. The largest absolute Gasteiger partial charge is 0.352 e. The van der Waals surface area contributed by atoms with Gasteiger partial charge in [-0.15, -0.1) is 0 Å². The number of hydrogen-bond acceptors (Lipinski definition) is 3. The molecule has 2 aromatic rings. The molecule has 0 spiro atoms. The fourth-order valence-electron chi connectivity index (χ4n) is 4.64. The van der Waals surface area contributed by atoms with E-state index in [1.165, 1.54) is 35.3 Å². The highest BCUT2D eigenvalue weighted by atomic mass is 16.1. The Morgan fingerprint density at radius 3 is 2.41 bits per heavy atom. The molecule has 4 heteroatoms. The van der Waals surface area contributed by atoms with E-state index in [4.69, 9.17) is 0 Å². The van der Waals surface area contributed by atoms with Crippen molar-refractivity contribution < 1.29 is 4.79 Å². The summed E-state index contributed by atoms with van der Waals surface area (Å²) in [6, 6.07) is 17.3. The first kappa shape index (κ1) is 20.1. The molecule has 1 amide bonds. The summed E-state index contributed by atoms with van der Waals surface area (Å²) in [5, 5.41) is 3.11. The molecule has 2 aromatic carbocycles. The Labute approximate surface area is 174 Å². The minimum atomic E-state index is 0.157. The number of piperazine rings is 1. The smallest absolute Gasteiger partial charge is 0.220 e. The zero-order valence-corrected chi connectivity index (χ0v) is 17.6. The van der Waals surface area contributed by atoms with Gasteiger partial charge in [-0.2, -0.15) is 0 Å². The van der Waals surface area contributed by atoms with Gasteiger partial charge in [-0.25, -0.2) is 0 Å². The van der Waals surface area contributed by atoms with Crippen LogP contribution in [0, 0.1) is 0 Å². The van der Waals surface area contributed by atoms with E-state index in [2.05, 4.69) is 70.6 Å². The second-order valence-electron chi connectivity index (χ2n) is 8.44. The number of hydrogen-bond donors (Lipinski definition) is 1. The molecular formula is C25H33N3O. The molecule has 1 N–H and O–H groups in total. The van der Waals surface area contributed by atoms with E-state index >= 15 is 0 Å². The molecule has 1 aliphatic carbocycles. The van der Waals surface area contributed by atoms with Gasteiger partial charge in [0.05, 0.1) is 0 Å². The van der Waals surface area contributed by atoms with Crippen LogP contribution in [0.5, 0.6) is 0 Å². The molecule has 4 nitrogen and oxygen atoms in total. The fourth-order valence-corrected chi connectivity index (χ4v) is 4.64. The predicted octanol–water partition coefficient (Wildman–Crippen LogP) is 3.56. The van der Waals surface area contributed by atoms with Crippen LogP contribution in [-0.2, 0) is 24.3 Å². The van der Waals surface area contributed by atoms with Crippen molar-refractivity contribution in [3.8, 4) is 0 Å². The Balaban J connectivity index is 1.22. The molecule has 1 aliphatic heterocycles. The number of aryl methyl sites for hydroxylation is 1. The van der Waals surface area contributed by atoms with Crippen LogP contribution in [0.4, 0.5) is 0 Å². The number of fused-ring (bicyclic) bond motifs is 1. The molecule has 0 bridgehead atoms. The Hall–Kier alpha value is -2.17. The predicted molar refractivity (Wildman–Crippen MR) is 118 cm³/mol. The van der Waals surface area contributed by atoms with Crippen LogP contribution in [0.3, 0.4) is 0 Å². The Morgan fingerprint density at radius 2 is 1.66 bits per heavy atom. The summed E-state index contributed by atoms with van der Waals surface area (Å²) >= 11 is 0. The first-order chi connectivity index (χ1) is 14.2. The van der Waals surface area contributed by atoms with E-state index in [9.17, 15) is 4.79 Å². The number of amides is 1. The van der Waals surface area contributed by atoms with Gasteiger partial charge >= 0.3 is 0 Å². The Kier molecular flexibility index (Phi) is 6.63. The van der Waals surface area contributed by atoms with Gasteiger partial charge in [-0.1, -0.05) is 55.5 Å². The average molecular weight is 392 g/mol. The van der Waals surface area contributed by atoms with E-state index in [-0.39, 0.29) is 5.91 Å². The minimum absolute atomic E-state index is 0.157. The number of carbonyl (C=O) groups is 1. The van der Waals surface area contributed by atoms with Gasteiger partial charge in [0.15, 0.2) is 0 Å². The third kappa shape index (κ3) is 5.26. The summed E-state index contributed by atoms with van der Waals surface area (Å²) in [7, 11) is 0. The third-order valence-electron chi connectivity index (χ3n) is 6.52. The molecule has 4 rings (SSSR count). The van der Waals surface area contributed by atoms with Crippen molar-refractivity contribution in [3.05, 3.63) is 70.8 Å². The van der Waals surface area contributed by atoms with Crippen LogP contribution in [0.15, 0.2) is 48.5 Å². The van der Waals surface area contributed by atoms with Crippen molar-refractivity contribution in [3.63, 3.8) is 0 Å². The van der Waals surface area contributed by atoms with Crippen LogP contribution in [0.2, 0.25) is 0 Å². The monoisotopic (exact) mass is 391 g/mol. The van der Waals surface area contributed by atoms with Crippen molar-refractivity contribution in [1.82, 2.24) is 15.1 Å². The maximum absolute atomic E-state index is 12.4. The first-order valence-electron chi connectivity index (χ1n) is 11.1. The molecule has 1 saturated heterocycles. The fraction of sp³-hybridized carbons (Fsp3) is 0.480. The number of likely N-dealkylation sites (N-methyl/N-ethyl adjacent to an activating group) is 1. The minimum Gasteiger partial charge on any atom is -0.352 e. The highest BCUT2D eigenvalue weighted by Crippen LogP contribution is 2.35. The van der Waals surface area contributed by atoms with Crippen molar-refractivity contribution in [2.75, 3.05) is 32.7 Å². The van der Waals surface area contributed by atoms with E-state index in [0.717, 1.165) is 39.0 Å². The average Bonchev–Trinajstić information content (AvgIpc) is 3.17. The summed E-state index contributed by atoms with van der Waals surface area (Å²) < 4.78 is 0. The van der Waals surface area contributed by atoms with Crippen molar-refractivity contribution in [2.24, 2.45) is 0 Å². The lowest BCUT2D eigenvalue weighted by molar-refractivity contribution is -0.121. The number of nitrogens with zero attached hydrogens (tertiary/aromatic N) is 2. The third-order valence-corrected chi connectivity index (χ3v) is 6.52. The standard InChI is InChI=1S/C25H33N3O/c1-2-27-13-15-28(16-14-27)19-21-9-7-20(8-10-21)18-26-25(29)17-23-12-11-22-5-3-4-6-24(22)23/h3-10,23H,2,11-19H2,1H3,(H,26,29). The van der Waals surface area contributed by atoms with Crippen LogP contribution in [-0.4, -0.2) is 48.4 Å². The van der Waals surface area contributed by atoms with E-state index < -0.39 is 0 Å². The van der Waals surface area contributed by atoms with Gasteiger partial charge in [0.2, 0.25) is 5.91 Å². The van der Waals surface area contributed by atoms with Crippen molar-refractivity contribution >= 4 is 5.91 Å². The topological polar surface area (TPSA) is 35.6 Å². The van der Waals surface area contributed by atoms with Gasteiger partial charge < -0.3 is 10.2 Å². The molecule has 154 valence electrons. The van der Waals surface area contributed by atoms with Crippen molar-refractivity contribution in [1.29, 1.82) is 0 Å². The summed E-state index contributed by atoms with van der Waals surface area (Å²) in [4.78, 5) is 17.5. The molecule has 1 atom stereocenters. The molecule has 29 heavy (non-hydrogen) atoms. The zero-order valence-electron chi connectivity index (χ0n) is 17.6. The number of rotatable bonds is 7. The molecular weight excluding hydrogens is 358 g/mol. The molecule has 0 radical (unpaired) electrons.